The number of aromatic nitrogens is 1. The first-order valence-corrected chi connectivity index (χ1v) is 6.56. The molecule has 0 atom stereocenters. The van der Waals surface area contributed by atoms with Crippen LogP contribution in [0.25, 0.3) is 11.3 Å². The first kappa shape index (κ1) is 13.6. The molecule has 0 bridgehead atoms. The van der Waals surface area contributed by atoms with Crippen LogP contribution in [0, 0.1) is 6.92 Å². The molecule has 0 amide bonds. The minimum absolute atomic E-state index is 0.0922. The SMILES string of the molecule is Cc1cc(-c2ccc(C(C)C)cc2)[nH]c(=O)c1CN. The molecule has 0 fully saturated rings. The molecule has 0 spiro atoms. The van der Waals surface area contributed by atoms with E-state index in [0.717, 1.165) is 16.8 Å². The van der Waals surface area contributed by atoms with E-state index in [-0.39, 0.29) is 12.1 Å². The van der Waals surface area contributed by atoms with Gasteiger partial charge in [-0.2, -0.15) is 0 Å². The van der Waals surface area contributed by atoms with Crippen LogP contribution in [0.15, 0.2) is 35.1 Å². The van der Waals surface area contributed by atoms with Crippen LogP contribution < -0.4 is 11.3 Å². The predicted octanol–water partition coefficient (Wildman–Crippen LogP) is 2.93. The van der Waals surface area contributed by atoms with Gasteiger partial charge in [0.25, 0.3) is 5.56 Å². The molecule has 1 aromatic heterocycles. The van der Waals surface area contributed by atoms with Gasteiger partial charge in [-0.25, -0.2) is 0 Å². The van der Waals surface area contributed by atoms with Crippen molar-refractivity contribution >= 4 is 0 Å². The predicted molar refractivity (Wildman–Crippen MR) is 79.2 cm³/mol. The molecule has 100 valence electrons. The maximum Gasteiger partial charge on any atom is 0.253 e. The van der Waals surface area contributed by atoms with E-state index in [0.29, 0.717) is 11.5 Å². The van der Waals surface area contributed by atoms with Gasteiger partial charge in [0, 0.05) is 17.8 Å². The Labute approximate surface area is 113 Å². The zero-order valence-electron chi connectivity index (χ0n) is 11.7. The van der Waals surface area contributed by atoms with Crippen molar-refractivity contribution in [3.63, 3.8) is 0 Å². The standard InChI is InChI=1S/C16H20N2O/c1-10(2)12-4-6-13(7-5-12)15-8-11(3)14(9-17)16(19)18-15/h4-8,10H,9,17H2,1-3H3,(H,18,19). The van der Waals surface area contributed by atoms with E-state index < -0.39 is 0 Å². The average Bonchev–Trinajstić information content (AvgIpc) is 2.38. The van der Waals surface area contributed by atoms with Crippen molar-refractivity contribution in [1.29, 1.82) is 0 Å². The molecule has 3 nitrogen and oxygen atoms in total. The number of hydrogen-bond acceptors (Lipinski definition) is 2. The van der Waals surface area contributed by atoms with E-state index in [4.69, 9.17) is 5.73 Å². The van der Waals surface area contributed by atoms with Crippen LogP contribution >= 0.6 is 0 Å². The molecule has 1 aromatic carbocycles. The van der Waals surface area contributed by atoms with Crippen LogP contribution in [0.3, 0.4) is 0 Å². The van der Waals surface area contributed by atoms with E-state index in [2.05, 4.69) is 31.0 Å². The zero-order valence-corrected chi connectivity index (χ0v) is 11.7. The summed E-state index contributed by atoms with van der Waals surface area (Å²) < 4.78 is 0. The second-order valence-corrected chi connectivity index (χ2v) is 5.15. The minimum atomic E-state index is -0.0922. The van der Waals surface area contributed by atoms with Gasteiger partial charge in [0.1, 0.15) is 0 Å². The number of H-pyrrole nitrogens is 1. The zero-order chi connectivity index (χ0) is 14.0. The average molecular weight is 256 g/mol. The Hall–Kier alpha value is -1.87. The maximum atomic E-state index is 11.9. The fraction of sp³-hybridized carbons (Fsp3) is 0.312. The molecule has 2 rings (SSSR count). The number of benzene rings is 1. The fourth-order valence-electron chi connectivity index (χ4n) is 2.17. The molecule has 0 saturated heterocycles. The van der Waals surface area contributed by atoms with E-state index in [1.54, 1.807) is 0 Å². The van der Waals surface area contributed by atoms with Crippen molar-refractivity contribution in [2.45, 2.75) is 33.2 Å². The number of nitrogens with two attached hydrogens (primary N) is 1. The van der Waals surface area contributed by atoms with Crippen molar-refractivity contribution in [3.05, 3.63) is 57.4 Å². The van der Waals surface area contributed by atoms with Crippen LogP contribution in [-0.2, 0) is 6.54 Å². The Balaban J connectivity index is 2.45. The number of aromatic amines is 1. The summed E-state index contributed by atoms with van der Waals surface area (Å²) in [5, 5.41) is 0. The monoisotopic (exact) mass is 256 g/mol. The van der Waals surface area contributed by atoms with Gasteiger partial charge in [0.2, 0.25) is 0 Å². The second kappa shape index (κ2) is 5.41. The molecule has 0 aliphatic carbocycles. The summed E-state index contributed by atoms with van der Waals surface area (Å²) in [5.74, 6) is 0.509. The number of nitrogens with one attached hydrogen (secondary N) is 1. The van der Waals surface area contributed by atoms with Crippen LogP contribution in [0.1, 0.15) is 36.5 Å². The third kappa shape index (κ3) is 2.76. The molecule has 19 heavy (non-hydrogen) atoms. The van der Waals surface area contributed by atoms with Crippen LogP contribution in [0.4, 0.5) is 0 Å². The lowest BCUT2D eigenvalue weighted by Gasteiger charge is -2.09. The van der Waals surface area contributed by atoms with Crippen LogP contribution in [-0.4, -0.2) is 4.98 Å². The Morgan fingerprint density at radius 1 is 1.21 bits per heavy atom. The van der Waals surface area contributed by atoms with Gasteiger partial charge < -0.3 is 10.7 Å². The van der Waals surface area contributed by atoms with E-state index in [1.807, 2.05) is 25.1 Å². The molecular formula is C16H20N2O. The van der Waals surface area contributed by atoms with Gasteiger partial charge in [-0.3, -0.25) is 4.79 Å². The van der Waals surface area contributed by atoms with Crippen LogP contribution in [0.5, 0.6) is 0 Å². The molecule has 2 aromatic rings. The van der Waals surface area contributed by atoms with E-state index >= 15 is 0 Å². The topological polar surface area (TPSA) is 58.9 Å². The Kier molecular flexibility index (Phi) is 3.86. The number of hydrogen-bond donors (Lipinski definition) is 2. The Bertz CT molecular complexity index is 624. The maximum absolute atomic E-state index is 11.9. The molecule has 3 heteroatoms. The minimum Gasteiger partial charge on any atom is -0.326 e. The second-order valence-electron chi connectivity index (χ2n) is 5.15. The van der Waals surface area contributed by atoms with E-state index in [1.165, 1.54) is 5.56 Å². The van der Waals surface area contributed by atoms with E-state index in [9.17, 15) is 4.79 Å². The molecule has 0 unspecified atom stereocenters. The smallest absolute Gasteiger partial charge is 0.253 e. The largest absolute Gasteiger partial charge is 0.326 e. The summed E-state index contributed by atoms with van der Waals surface area (Å²) in [6, 6.07) is 10.3. The lowest BCUT2D eigenvalue weighted by atomic mass is 10.00. The summed E-state index contributed by atoms with van der Waals surface area (Å²) in [5.41, 5.74) is 10.2. The van der Waals surface area contributed by atoms with Gasteiger partial charge in [-0.1, -0.05) is 38.1 Å². The molecule has 0 aliphatic heterocycles. The number of aryl methyl sites for hydroxylation is 1. The quantitative estimate of drug-likeness (QED) is 0.887. The fourth-order valence-corrected chi connectivity index (χ4v) is 2.17. The lowest BCUT2D eigenvalue weighted by molar-refractivity contribution is 0.867. The Morgan fingerprint density at radius 2 is 1.84 bits per heavy atom. The highest BCUT2D eigenvalue weighted by atomic mass is 16.1. The summed E-state index contributed by atoms with van der Waals surface area (Å²) in [4.78, 5) is 14.8. The summed E-state index contributed by atoms with van der Waals surface area (Å²) in [6.07, 6.45) is 0. The van der Waals surface area contributed by atoms with Gasteiger partial charge in [0.05, 0.1) is 0 Å². The van der Waals surface area contributed by atoms with Crippen molar-refractivity contribution in [1.82, 2.24) is 4.98 Å². The lowest BCUT2D eigenvalue weighted by Crippen LogP contribution is -2.18. The van der Waals surface area contributed by atoms with Crippen LogP contribution in [0.2, 0.25) is 0 Å². The normalized spacial score (nSPS) is 11.0. The summed E-state index contributed by atoms with van der Waals surface area (Å²) in [7, 11) is 0. The third-order valence-corrected chi connectivity index (χ3v) is 3.45. The molecule has 1 heterocycles. The Morgan fingerprint density at radius 3 is 2.32 bits per heavy atom. The van der Waals surface area contributed by atoms with Crippen molar-refractivity contribution in [3.8, 4) is 11.3 Å². The van der Waals surface area contributed by atoms with Gasteiger partial charge in [-0.05, 0) is 35.6 Å². The summed E-state index contributed by atoms with van der Waals surface area (Å²) in [6.45, 7) is 6.52. The highest BCUT2D eigenvalue weighted by molar-refractivity contribution is 5.60. The molecule has 3 N–H and O–H groups in total. The van der Waals surface area contributed by atoms with Crippen molar-refractivity contribution in [2.24, 2.45) is 5.73 Å². The first-order valence-electron chi connectivity index (χ1n) is 6.56. The third-order valence-electron chi connectivity index (χ3n) is 3.45. The number of rotatable bonds is 3. The molecule has 0 radical (unpaired) electrons. The first-order chi connectivity index (χ1) is 9.02. The molecule has 0 saturated carbocycles. The highest BCUT2D eigenvalue weighted by Gasteiger charge is 2.07. The highest BCUT2D eigenvalue weighted by Crippen LogP contribution is 2.21. The molecule has 0 aliphatic rings. The molecular weight excluding hydrogens is 236 g/mol. The van der Waals surface area contributed by atoms with Gasteiger partial charge in [0.15, 0.2) is 0 Å². The summed E-state index contributed by atoms with van der Waals surface area (Å²) >= 11 is 0. The van der Waals surface area contributed by atoms with Gasteiger partial charge in [-0.15, -0.1) is 0 Å². The van der Waals surface area contributed by atoms with Gasteiger partial charge >= 0.3 is 0 Å². The van der Waals surface area contributed by atoms with Crippen molar-refractivity contribution in [2.75, 3.05) is 0 Å². The number of pyridine rings is 1. The van der Waals surface area contributed by atoms with Crippen molar-refractivity contribution < 1.29 is 0 Å².